The van der Waals surface area contributed by atoms with Crippen LogP contribution in [0.5, 0.6) is 5.75 Å². The van der Waals surface area contributed by atoms with Crippen molar-refractivity contribution in [1.29, 1.82) is 0 Å². The van der Waals surface area contributed by atoms with Crippen molar-refractivity contribution in [2.45, 2.75) is 96.6 Å². The summed E-state index contributed by atoms with van der Waals surface area (Å²) in [6.45, 7) is 4.61. The second kappa shape index (κ2) is 12.6. The van der Waals surface area contributed by atoms with Gasteiger partial charge < -0.3 is 25.1 Å². The molecule has 0 radical (unpaired) electrons. The Balaban J connectivity index is 1.15. The largest absolute Gasteiger partial charge is 0.595 e. The molecule has 0 spiro atoms. The number of ether oxygens (including phenoxy) is 2. The average Bonchev–Trinajstić information content (AvgIpc) is 3.32. The van der Waals surface area contributed by atoms with E-state index in [9.17, 15) is 34.7 Å². The minimum absolute atomic E-state index is 0.0555. The van der Waals surface area contributed by atoms with Crippen LogP contribution < -0.4 is 10.5 Å². The number of carbonyl (C=O) groups excluding carboxylic acids is 4. The molecule has 11 heteroatoms. The van der Waals surface area contributed by atoms with Gasteiger partial charge in [-0.2, -0.15) is 5.23 Å². The molecule has 3 saturated carbocycles. The monoisotopic (exact) mass is 612 g/mol. The SMILES string of the molecule is COC(=O)C(Cc1ccc(O)c([NH+]([O-])O)c1)NC(=O)CCC(=O)OC1CCC2C3CCC4=CC(=O)CCC4(C)C3CCC12C. The maximum absolute atomic E-state index is 13.0. The lowest BCUT2D eigenvalue weighted by molar-refractivity contribution is -0.991. The normalized spacial score (nSPS) is 32.3. The van der Waals surface area contributed by atoms with Crippen LogP contribution in [-0.2, 0) is 35.1 Å². The summed E-state index contributed by atoms with van der Waals surface area (Å²) in [5, 5.41) is 31.6. The van der Waals surface area contributed by atoms with Crippen LogP contribution in [-0.4, -0.2) is 53.2 Å². The van der Waals surface area contributed by atoms with E-state index in [0.717, 1.165) is 44.9 Å². The van der Waals surface area contributed by atoms with Gasteiger partial charge in [0, 0.05) is 30.7 Å². The summed E-state index contributed by atoms with van der Waals surface area (Å²) < 4.78 is 10.8. The van der Waals surface area contributed by atoms with Gasteiger partial charge in [-0.3, -0.25) is 14.4 Å². The van der Waals surface area contributed by atoms with E-state index in [1.165, 1.54) is 30.9 Å². The molecule has 4 aliphatic rings. The van der Waals surface area contributed by atoms with Gasteiger partial charge in [0.05, 0.1) is 13.5 Å². The zero-order valence-electron chi connectivity index (χ0n) is 25.7. The number of benzene rings is 1. The minimum Gasteiger partial charge on any atom is -0.595 e. The first-order chi connectivity index (χ1) is 20.9. The molecular weight excluding hydrogens is 568 g/mol. The Hall–Kier alpha value is -3.28. The lowest BCUT2D eigenvalue weighted by atomic mass is 9.47. The fraction of sp³-hybridized carbons (Fsp3) is 0.636. The van der Waals surface area contributed by atoms with Crippen LogP contribution in [0.2, 0.25) is 0 Å². The summed E-state index contributed by atoms with van der Waals surface area (Å²) in [5.74, 6) is -0.288. The third kappa shape index (κ3) is 6.14. The smallest absolute Gasteiger partial charge is 0.328 e. The van der Waals surface area contributed by atoms with E-state index in [-0.39, 0.29) is 47.7 Å². The average molecular weight is 613 g/mol. The second-order valence-corrected chi connectivity index (χ2v) is 13.6. The highest BCUT2D eigenvalue weighted by Crippen LogP contribution is 2.65. The third-order valence-corrected chi connectivity index (χ3v) is 11.3. The number of carbonyl (C=O) groups is 4. The van der Waals surface area contributed by atoms with Crippen LogP contribution >= 0.6 is 0 Å². The highest BCUT2D eigenvalue weighted by molar-refractivity contribution is 5.91. The fourth-order valence-corrected chi connectivity index (χ4v) is 8.86. The van der Waals surface area contributed by atoms with E-state index in [4.69, 9.17) is 9.47 Å². The maximum Gasteiger partial charge on any atom is 0.328 e. The first-order valence-electron chi connectivity index (χ1n) is 15.7. The Morgan fingerprint density at radius 2 is 1.86 bits per heavy atom. The molecule has 5 rings (SSSR count). The molecule has 0 saturated heterocycles. The number of hydrogen-bond acceptors (Lipinski definition) is 9. The Morgan fingerprint density at radius 1 is 1.09 bits per heavy atom. The van der Waals surface area contributed by atoms with Crippen molar-refractivity contribution in [3.05, 3.63) is 40.6 Å². The zero-order chi connectivity index (χ0) is 31.8. The van der Waals surface area contributed by atoms with Gasteiger partial charge in [0.1, 0.15) is 12.1 Å². The van der Waals surface area contributed by atoms with E-state index < -0.39 is 34.9 Å². The topological polar surface area (TPSA) is 167 Å². The molecule has 4 N–H and O–H groups in total. The molecule has 44 heavy (non-hydrogen) atoms. The fourth-order valence-electron chi connectivity index (χ4n) is 8.86. The predicted molar refractivity (Wildman–Crippen MR) is 157 cm³/mol. The van der Waals surface area contributed by atoms with Crippen LogP contribution in [0.4, 0.5) is 5.69 Å². The van der Waals surface area contributed by atoms with Crippen molar-refractivity contribution >= 4 is 29.3 Å². The van der Waals surface area contributed by atoms with Gasteiger partial charge >= 0.3 is 11.9 Å². The van der Waals surface area contributed by atoms with Crippen molar-refractivity contribution in [3.8, 4) is 5.75 Å². The molecule has 0 aliphatic heterocycles. The van der Waals surface area contributed by atoms with Crippen molar-refractivity contribution in [2.75, 3.05) is 7.11 Å². The summed E-state index contributed by atoms with van der Waals surface area (Å²) in [4.78, 5) is 50.2. The summed E-state index contributed by atoms with van der Waals surface area (Å²) in [6.07, 6.45) is 8.77. The number of esters is 2. The number of quaternary nitrogens is 1. The first kappa shape index (κ1) is 32.1. The number of phenols is 1. The quantitative estimate of drug-likeness (QED) is 0.186. The predicted octanol–water partition coefficient (Wildman–Crippen LogP) is 3.22. The zero-order valence-corrected chi connectivity index (χ0v) is 25.7. The van der Waals surface area contributed by atoms with Crippen LogP contribution in [0.1, 0.15) is 83.6 Å². The molecule has 240 valence electrons. The van der Waals surface area contributed by atoms with Crippen molar-refractivity contribution in [1.82, 2.24) is 5.32 Å². The standard InChI is InChI=1S/C33H44N2O9/c1-32-14-12-21(36)18-20(32)5-6-22-23-7-9-28(33(23,2)15-13-24(22)32)44-30(39)11-10-29(38)34-25(31(40)43-3)16-19-4-8-27(37)26(17-19)35(41)42/h4,8,17-18,22-25,28,35,37,41H,5-7,9-16H2,1-3H3,(H,34,38). The summed E-state index contributed by atoms with van der Waals surface area (Å²) >= 11 is 0. The number of phenolic OH excluding ortho intramolecular Hbond substituents is 1. The number of aromatic hydroxyl groups is 1. The van der Waals surface area contributed by atoms with E-state index in [0.29, 0.717) is 29.7 Å². The minimum atomic E-state index is -1.32. The molecule has 0 bridgehead atoms. The Bertz CT molecular complexity index is 1340. The van der Waals surface area contributed by atoms with Gasteiger partial charge in [0.25, 0.3) is 0 Å². The molecule has 8 atom stereocenters. The second-order valence-electron chi connectivity index (χ2n) is 13.6. The molecule has 11 nitrogen and oxygen atoms in total. The number of rotatable bonds is 9. The van der Waals surface area contributed by atoms with E-state index in [1.54, 1.807) is 0 Å². The Labute approximate surface area is 257 Å². The van der Waals surface area contributed by atoms with E-state index in [1.807, 2.05) is 6.08 Å². The molecular formula is C33H44N2O9. The lowest BCUT2D eigenvalue weighted by Gasteiger charge is -2.57. The molecule has 8 unspecified atom stereocenters. The van der Waals surface area contributed by atoms with Gasteiger partial charge in [-0.05, 0) is 85.8 Å². The lowest BCUT2D eigenvalue weighted by Crippen LogP contribution is -2.99. The van der Waals surface area contributed by atoms with Gasteiger partial charge in [0.15, 0.2) is 11.5 Å². The van der Waals surface area contributed by atoms with Crippen LogP contribution in [0.25, 0.3) is 0 Å². The van der Waals surface area contributed by atoms with Gasteiger partial charge in [-0.25, -0.2) is 10.0 Å². The number of methoxy groups -OCH3 is 1. The third-order valence-electron chi connectivity index (χ3n) is 11.3. The highest BCUT2D eigenvalue weighted by Gasteiger charge is 2.60. The molecule has 4 aliphatic carbocycles. The number of nitrogens with one attached hydrogen (secondary N) is 2. The summed E-state index contributed by atoms with van der Waals surface area (Å²) in [7, 11) is 1.18. The van der Waals surface area contributed by atoms with Gasteiger partial charge in [-0.15, -0.1) is 0 Å². The molecule has 1 amide bonds. The molecule has 3 fully saturated rings. The Morgan fingerprint density at radius 3 is 2.59 bits per heavy atom. The molecule has 1 aromatic rings. The van der Waals surface area contributed by atoms with Crippen molar-refractivity contribution < 1.29 is 44.2 Å². The Kier molecular flexibility index (Phi) is 9.21. The maximum atomic E-state index is 13.0. The van der Waals surface area contributed by atoms with E-state index >= 15 is 0 Å². The number of fused-ring (bicyclic) bond motifs is 5. The van der Waals surface area contributed by atoms with Gasteiger partial charge in [0.2, 0.25) is 11.6 Å². The van der Waals surface area contributed by atoms with Crippen LogP contribution in [0, 0.1) is 33.8 Å². The highest BCUT2D eigenvalue weighted by atomic mass is 16.8. The summed E-state index contributed by atoms with van der Waals surface area (Å²) in [6, 6.07) is 2.81. The molecule has 0 aromatic heterocycles. The number of hydrogen-bond donors (Lipinski definition) is 4. The van der Waals surface area contributed by atoms with E-state index in [2.05, 4.69) is 19.2 Å². The summed E-state index contributed by atoms with van der Waals surface area (Å²) in [5.41, 5.74) is 1.39. The number of amides is 1. The van der Waals surface area contributed by atoms with Crippen LogP contribution in [0.15, 0.2) is 29.8 Å². The van der Waals surface area contributed by atoms with Crippen LogP contribution in [0.3, 0.4) is 0 Å². The number of ketones is 1. The number of allylic oxidation sites excluding steroid dienone is 1. The first-order valence-corrected chi connectivity index (χ1v) is 15.7. The molecule has 1 aromatic carbocycles. The van der Waals surface area contributed by atoms with Crippen molar-refractivity contribution in [2.24, 2.45) is 28.6 Å². The van der Waals surface area contributed by atoms with Gasteiger partial charge in [-0.1, -0.05) is 25.5 Å². The van der Waals surface area contributed by atoms with Crippen molar-refractivity contribution in [3.63, 3.8) is 0 Å². The molecule has 0 heterocycles.